The van der Waals surface area contributed by atoms with Crippen LogP contribution in [-0.2, 0) is 29.1 Å². The molecular weight excluding hydrogens is 362 g/mol. The quantitative estimate of drug-likeness (QED) is 0.743. The van der Waals surface area contributed by atoms with E-state index in [1.54, 1.807) is 21.9 Å². The number of carbonyl (C=O) groups is 2. The van der Waals surface area contributed by atoms with Crippen molar-refractivity contribution < 1.29 is 9.59 Å². The summed E-state index contributed by atoms with van der Waals surface area (Å²) in [5.41, 5.74) is 4.22. The molecule has 0 aliphatic carbocycles. The second-order valence-electron chi connectivity index (χ2n) is 7.19. The van der Waals surface area contributed by atoms with Gasteiger partial charge in [0.25, 0.3) is 0 Å². The topological polar surface area (TPSA) is 56.4 Å². The molecule has 1 saturated heterocycles. The minimum atomic E-state index is -0.426. The number of aromatic nitrogens is 1. The normalized spacial score (nSPS) is 19.4. The van der Waals surface area contributed by atoms with Gasteiger partial charge >= 0.3 is 0 Å². The van der Waals surface area contributed by atoms with E-state index in [-0.39, 0.29) is 18.4 Å². The predicted molar refractivity (Wildman–Crippen MR) is 103 cm³/mol. The molecule has 6 heteroatoms. The fourth-order valence-corrected chi connectivity index (χ4v) is 4.30. The number of aromatic amines is 1. The molecule has 2 aliphatic heterocycles. The zero-order valence-corrected chi connectivity index (χ0v) is 15.4. The van der Waals surface area contributed by atoms with E-state index in [0.29, 0.717) is 24.5 Å². The van der Waals surface area contributed by atoms with Gasteiger partial charge in [-0.2, -0.15) is 0 Å². The first kappa shape index (κ1) is 16.4. The lowest BCUT2D eigenvalue weighted by atomic mass is 9.93. The summed E-state index contributed by atoms with van der Waals surface area (Å²) in [5, 5.41) is 1.80. The van der Waals surface area contributed by atoms with Crippen molar-refractivity contribution in [2.24, 2.45) is 0 Å². The van der Waals surface area contributed by atoms with Gasteiger partial charge < -0.3 is 14.8 Å². The zero-order chi connectivity index (χ0) is 18.5. The maximum Gasteiger partial charge on any atom is 0.246 e. The number of fused-ring (bicyclic) bond motifs is 4. The van der Waals surface area contributed by atoms with Crippen LogP contribution in [0.2, 0.25) is 5.02 Å². The molecule has 5 rings (SSSR count). The Hall–Kier alpha value is -2.79. The van der Waals surface area contributed by atoms with Crippen LogP contribution in [-0.4, -0.2) is 39.2 Å². The van der Waals surface area contributed by atoms with Gasteiger partial charge in [0, 0.05) is 34.6 Å². The van der Waals surface area contributed by atoms with E-state index < -0.39 is 6.04 Å². The van der Waals surface area contributed by atoms with E-state index >= 15 is 0 Å². The van der Waals surface area contributed by atoms with Crippen molar-refractivity contribution in [2.45, 2.75) is 25.6 Å². The highest BCUT2D eigenvalue weighted by Gasteiger charge is 2.42. The summed E-state index contributed by atoms with van der Waals surface area (Å²) in [7, 11) is 0. The van der Waals surface area contributed by atoms with Gasteiger partial charge in [0.05, 0.1) is 6.54 Å². The Morgan fingerprint density at radius 3 is 2.63 bits per heavy atom. The maximum atomic E-state index is 13.1. The van der Waals surface area contributed by atoms with Crippen LogP contribution in [0.3, 0.4) is 0 Å². The number of piperazine rings is 1. The van der Waals surface area contributed by atoms with Crippen molar-refractivity contribution in [3.8, 4) is 0 Å². The van der Waals surface area contributed by atoms with E-state index in [1.807, 2.05) is 30.3 Å². The molecule has 2 aromatic carbocycles. The third-order valence-corrected chi connectivity index (χ3v) is 5.79. The first-order chi connectivity index (χ1) is 13.1. The van der Waals surface area contributed by atoms with Crippen molar-refractivity contribution >= 4 is 34.3 Å². The smallest absolute Gasteiger partial charge is 0.246 e. The van der Waals surface area contributed by atoms with Crippen LogP contribution in [0.4, 0.5) is 0 Å². The number of para-hydroxylation sites is 1. The molecule has 0 spiro atoms. The Balaban J connectivity index is 1.45. The van der Waals surface area contributed by atoms with Crippen LogP contribution in [0.25, 0.3) is 10.9 Å². The Kier molecular flexibility index (Phi) is 3.72. The van der Waals surface area contributed by atoms with Crippen molar-refractivity contribution in [1.29, 1.82) is 0 Å². The maximum absolute atomic E-state index is 13.1. The van der Waals surface area contributed by atoms with Gasteiger partial charge in [-0.1, -0.05) is 41.9 Å². The molecule has 2 amide bonds. The van der Waals surface area contributed by atoms with Crippen LogP contribution in [0, 0.1) is 0 Å². The molecule has 1 atom stereocenters. The average molecular weight is 380 g/mol. The third kappa shape index (κ3) is 2.70. The molecule has 1 aromatic heterocycles. The number of nitrogens with zero attached hydrogens (tertiary/aromatic N) is 2. The summed E-state index contributed by atoms with van der Waals surface area (Å²) < 4.78 is 0. The second kappa shape index (κ2) is 6.13. The summed E-state index contributed by atoms with van der Waals surface area (Å²) in [5.74, 6) is 0.0124. The molecule has 3 heterocycles. The number of benzene rings is 2. The summed E-state index contributed by atoms with van der Waals surface area (Å²) in [4.78, 5) is 32.7. The van der Waals surface area contributed by atoms with Crippen molar-refractivity contribution in [3.63, 3.8) is 0 Å². The lowest BCUT2D eigenvalue weighted by molar-refractivity contribution is -0.157. The SMILES string of the molecule is O=C1C2Cc3c([nH]c4ccccc34)CN2C(=O)CN1Cc1ccc(Cl)cc1. The van der Waals surface area contributed by atoms with E-state index in [4.69, 9.17) is 11.6 Å². The van der Waals surface area contributed by atoms with Crippen LogP contribution in [0.1, 0.15) is 16.8 Å². The largest absolute Gasteiger partial charge is 0.357 e. The van der Waals surface area contributed by atoms with E-state index in [0.717, 1.165) is 27.7 Å². The number of H-pyrrole nitrogens is 1. The molecule has 3 aromatic rings. The van der Waals surface area contributed by atoms with Crippen molar-refractivity contribution in [3.05, 3.63) is 70.4 Å². The van der Waals surface area contributed by atoms with Crippen LogP contribution >= 0.6 is 11.6 Å². The summed E-state index contributed by atoms with van der Waals surface area (Å²) in [6, 6.07) is 15.1. The summed E-state index contributed by atoms with van der Waals surface area (Å²) in [6.45, 7) is 1.01. The number of hydrogen-bond donors (Lipinski definition) is 1. The number of rotatable bonds is 2. The van der Waals surface area contributed by atoms with E-state index in [2.05, 4.69) is 11.1 Å². The third-order valence-electron chi connectivity index (χ3n) is 5.53. The number of carbonyl (C=O) groups excluding carboxylic acids is 2. The van der Waals surface area contributed by atoms with Crippen LogP contribution < -0.4 is 0 Å². The second-order valence-corrected chi connectivity index (χ2v) is 7.63. The monoisotopic (exact) mass is 379 g/mol. The van der Waals surface area contributed by atoms with Gasteiger partial charge in [0.2, 0.25) is 11.8 Å². The van der Waals surface area contributed by atoms with Gasteiger partial charge in [-0.25, -0.2) is 0 Å². The Morgan fingerprint density at radius 1 is 1.04 bits per heavy atom. The highest BCUT2D eigenvalue weighted by atomic mass is 35.5. The van der Waals surface area contributed by atoms with Gasteiger partial charge in [0.15, 0.2) is 0 Å². The summed E-state index contributed by atoms with van der Waals surface area (Å²) in [6.07, 6.45) is 0.557. The highest BCUT2D eigenvalue weighted by Crippen LogP contribution is 2.32. The molecule has 0 radical (unpaired) electrons. The predicted octanol–water partition coefficient (Wildman–Crippen LogP) is 3.12. The Morgan fingerprint density at radius 2 is 1.81 bits per heavy atom. The Bertz CT molecular complexity index is 1060. The van der Waals surface area contributed by atoms with E-state index in [1.165, 1.54) is 0 Å². The van der Waals surface area contributed by atoms with Crippen LogP contribution in [0.5, 0.6) is 0 Å². The fourth-order valence-electron chi connectivity index (χ4n) is 4.18. The molecule has 2 aliphatic rings. The van der Waals surface area contributed by atoms with Gasteiger partial charge in [-0.3, -0.25) is 9.59 Å². The fraction of sp³-hybridized carbons (Fsp3) is 0.238. The molecule has 0 saturated carbocycles. The molecular formula is C21H18ClN3O2. The molecule has 1 fully saturated rings. The van der Waals surface area contributed by atoms with Gasteiger partial charge in [-0.05, 0) is 29.3 Å². The molecule has 136 valence electrons. The average Bonchev–Trinajstić information content (AvgIpc) is 3.04. The zero-order valence-electron chi connectivity index (χ0n) is 14.6. The van der Waals surface area contributed by atoms with Crippen LogP contribution in [0.15, 0.2) is 48.5 Å². The summed E-state index contributed by atoms with van der Waals surface area (Å²) >= 11 is 5.94. The van der Waals surface area contributed by atoms with Crippen molar-refractivity contribution in [1.82, 2.24) is 14.8 Å². The highest BCUT2D eigenvalue weighted by molar-refractivity contribution is 6.30. The number of hydrogen-bond acceptors (Lipinski definition) is 2. The molecule has 27 heavy (non-hydrogen) atoms. The van der Waals surface area contributed by atoms with Gasteiger partial charge in [-0.15, -0.1) is 0 Å². The van der Waals surface area contributed by atoms with E-state index in [9.17, 15) is 9.59 Å². The lowest BCUT2D eigenvalue weighted by Gasteiger charge is -2.42. The Labute approximate surface area is 161 Å². The number of nitrogens with one attached hydrogen (secondary N) is 1. The minimum absolute atomic E-state index is 0.00197. The number of amides is 2. The first-order valence-electron chi connectivity index (χ1n) is 9.01. The molecule has 0 bridgehead atoms. The number of halogens is 1. The standard InChI is InChI=1S/C21H18ClN3O2/c22-14-7-5-13(6-8-14)10-24-12-20(26)25-11-18-16(9-19(25)21(24)27)15-3-1-2-4-17(15)23-18/h1-8,19,23H,9-12H2. The molecule has 5 nitrogen and oxygen atoms in total. The lowest BCUT2D eigenvalue weighted by Crippen LogP contribution is -2.61. The first-order valence-corrected chi connectivity index (χ1v) is 9.39. The van der Waals surface area contributed by atoms with Crippen molar-refractivity contribution in [2.75, 3.05) is 6.54 Å². The molecule has 1 unspecified atom stereocenters. The van der Waals surface area contributed by atoms with Gasteiger partial charge in [0.1, 0.15) is 12.6 Å². The molecule has 1 N–H and O–H groups in total. The minimum Gasteiger partial charge on any atom is -0.357 e.